The highest BCUT2D eigenvalue weighted by Crippen LogP contribution is 2.59. The van der Waals surface area contributed by atoms with Crippen LogP contribution in [0.1, 0.15) is 33.4 Å². The Labute approximate surface area is 166 Å². The Kier molecular flexibility index (Phi) is 5.24. The van der Waals surface area contributed by atoms with E-state index in [1.54, 1.807) is 6.92 Å². The summed E-state index contributed by atoms with van der Waals surface area (Å²) in [6.45, 7) is 5.33. The molecule has 0 bridgehead atoms. The summed E-state index contributed by atoms with van der Waals surface area (Å²) < 4.78 is 57.1. The Morgan fingerprint density at radius 3 is 2.97 bits per heavy atom. The number of aromatic nitrogens is 4. The minimum absolute atomic E-state index is 0.0456. The fourth-order valence-electron chi connectivity index (χ4n) is 3.43. The predicted molar refractivity (Wildman–Crippen MR) is 99.0 cm³/mol. The molecule has 2 N–H and O–H groups in total. The van der Waals surface area contributed by atoms with Crippen LogP contribution in [0.4, 0.5) is 10.3 Å². The second kappa shape index (κ2) is 7.44. The Hall–Kier alpha value is -1.85. The zero-order valence-corrected chi connectivity index (χ0v) is 17.2. The number of alkyl halides is 1. The number of anilines is 1. The highest BCUT2D eigenvalue weighted by Gasteiger charge is 2.61. The van der Waals surface area contributed by atoms with Gasteiger partial charge < -0.3 is 15.2 Å². The first-order valence-electron chi connectivity index (χ1n) is 9.33. The summed E-state index contributed by atoms with van der Waals surface area (Å²) in [6.07, 6.45) is -1.14. The lowest BCUT2D eigenvalue weighted by molar-refractivity contribution is -0.0706. The number of nitrogens with zero attached hydrogens (tertiary/aromatic N) is 4. The van der Waals surface area contributed by atoms with Gasteiger partial charge in [-0.25, -0.2) is 13.9 Å². The molecule has 160 valence electrons. The normalized spacial score (nSPS) is 34.4. The first-order valence-corrected chi connectivity index (χ1v) is 10.8. The number of phosphoric acid groups is 1. The molecule has 2 aromatic heterocycles. The number of halogens is 1. The van der Waals surface area contributed by atoms with Crippen LogP contribution < -0.4 is 10.5 Å². The molecule has 2 aliphatic rings. The number of rotatable bonds is 6. The average molecular weight is 431 g/mol. The first kappa shape index (κ1) is 20.4. The van der Waals surface area contributed by atoms with Crippen LogP contribution in [0.25, 0.3) is 11.2 Å². The highest BCUT2D eigenvalue weighted by atomic mass is 31.2. The summed E-state index contributed by atoms with van der Waals surface area (Å²) in [5, 5.41) is 0. The maximum Gasteiger partial charge on any atom is 0.475 e. The Morgan fingerprint density at radius 1 is 1.45 bits per heavy atom. The average Bonchev–Trinajstić information content (AvgIpc) is 3.19. The molecule has 2 fully saturated rings. The van der Waals surface area contributed by atoms with Crippen molar-refractivity contribution in [3.05, 3.63) is 6.33 Å². The Morgan fingerprint density at radius 2 is 2.24 bits per heavy atom. The molecule has 2 aromatic rings. The van der Waals surface area contributed by atoms with Gasteiger partial charge in [-0.15, -0.1) is 0 Å². The van der Waals surface area contributed by atoms with E-state index >= 15 is 4.39 Å². The number of imidazole rings is 1. The van der Waals surface area contributed by atoms with Crippen LogP contribution in [0.5, 0.6) is 5.88 Å². The molecule has 29 heavy (non-hydrogen) atoms. The predicted octanol–water partition coefficient (Wildman–Crippen LogP) is 2.38. The van der Waals surface area contributed by atoms with Gasteiger partial charge in [0, 0.05) is 0 Å². The monoisotopic (exact) mass is 431 g/mol. The number of nitrogen functional groups attached to an aromatic ring is 1. The lowest BCUT2D eigenvalue weighted by Gasteiger charge is -2.33. The van der Waals surface area contributed by atoms with Crippen LogP contribution in [0.3, 0.4) is 0 Å². The summed E-state index contributed by atoms with van der Waals surface area (Å²) in [5.41, 5.74) is 4.26. The quantitative estimate of drug-likeness (QED) is 0.680. The smallest absolute Gasteiger partial charge is 0.475 e. The van der Waals surface area contributed by atoms with Crippen LogP contribution in [0.15, 0.2) is 6.33 Å². The van der Waals surface area contributed by atoms with Crippen molar-refractivity contribution in [2.45, 2.75) is 51.3 Å². The van der Waals surface area contributed by atoms with E-state index in [0.29, 0.717) is 18.5 Å². The van der Waals surface area contributed by atoms with Gasteiger partial charge in [0.25, 0.3) is 0 Å². The lowest BCUT2D eigenvalue weighted by Crippen LogP contribution is -2.44. The lowest BCUT2D eigenvalue weighted by atomic mass is 9.98. The molecule has 0 amide bonds. The SMILES string of the molecule is CCCOP1(=O)OC[C@H]2O[C@@H](n3cnc4c(OCC)nc(N)nc43)[C@](C)(F)[C@@H]2O1. The number of hydrogen-bond acceptors (Lipinski definition) is 10. The zero-order valence-electron chi connectivity index (χ0n) is 16.3. The molecule has 0 spiro atoms. The molecule has 0 radical (unpaired) electrons. The van der Waals surface area contributed by atoms with E-state index in [0.717, 1.165) is 0 Å². The largest absolute Gasteiger partial charge is 0.476 e. The maximum absolute atomic E-state index is 15.9. The fourth-order valence-corrected chi connectivity index (χ4v) is 4.98. The number of ether oxygens (including phenoxy) is 2. The van der Waals surface area contributed by atoms with Crippen LogP contribution in [0.2, 0.25) is 0 Å². The van der Waals surface area contributed by atoms with E-state index in [1.165, 1.54) is 17.8 Å². The Balaban J connectivity index is 1.68. The third-order valence-corrected chi connectivity index (χ3v) is 6.16. The standard InChI is InChI=1S/C16H23FN5O6P/c1-4-6-25-29(23)26-7-9-11(28-29)16(3,17)14(27-9)22-8-19-10-12(22)20-15(18)21-13(10)24-5-2/h8-9,11,14H,4-7H2,1-3H3,(H2,18,20,21)/t9-,11-,14-,16-,29?/m1/s1. The van der Waals surface area contributed by atoms with Crippen molar-refractivity contribution >= 4 is 24.9 Å². The van der Waals surface area contributed by atoms with Crippen LogP contribution in [-0.2, 0) is 22.9 Å². The summed E-state index contributed by atoms with van der Waals surface area (Å²) in [5.74, 6) is 0.150. The van der Waals surface area contributed by atoms with E-state index in [4.69, 9.17) is 28.8 Å². The number of fused-ring (bicyclic) bond motifs is 2. The maximum atomic E-state index is 15.9. The minimum atomic E-state index is -3.87. The molecule has 2 saturated heterocycles. The van der Waals surface area contributed by atoms with Crippen LogP contribution >= 0.6 is 7.82 Å². The summed E-state index contributed by atoms with van der Waals surface area (Å²) in [4.78, 5) is 12.4. The molecular weight excluding hydrogens is 408 g/mol. The molecule has 0 aromatic carbocycles. The minimum Gasteiger partial charge on any atom is -0.476 e. The van der Waals surface area contributed by atoms with E-state index < -0.39 is 31.9 Å². The van der Waals surface area contributed by atoms with E-state index in [-0.39, 0.29) is 30.7 Å². The van der Waals surface area contributed by atoms with Gasteiger partial charge in [0.15, 0.2) is 23.1 Å². The highest BCUT2D eigenvalue weighted by molar-refractivity contribution is 7.48. The molecule has 4 heterocycles. The van der Waals surface area contributed by atoms with Gasteiger partial charge in [-0.3, -0.25) is 18.1 Å². The second-order valence-electron chi connectivity index (χ2n) is 6.92. The van der Waals surface area contributed by atoms with Gasteiger partial charge >= 0.3 is 7.82 Å². The van der Waals surface area contributed by atoms with Crippen molar-refractivity contribution in [3.63, 3.8) is 0 Å². The topological polar surface area (TPSA) is 133 Å². The van der Waals surface area contributed by atoms with Crippen LogP contribution in [-0.4, -0.2) is 57.2 Å². The molecule has 4 rings (SSSR count). The van der Waals surface area contributed by atoms with E-state index in [9.17, 15) is 4.57 Å². The number of nitrogens with two attached hydrogens (primary N) is 1. The zero-order chi connectivity index (χ0) is 20.8. The number of hydrogen-bond donors (Lipinski definition) is 1. The second-order valence-corrected chi connectivity index (χ2v) is 8.55. The van der Waals surface area contributed by atoms with Gasteiger partial charge in [0.05, 0.1) is 26.1 Å². The molecule has 0 aliphatic carbocycles. The Bertz CT molecular complexity index is 955. The third-order valence-electron chi connectivity index (χ3n) is 4.71. The van der Waals surface area contributed by atoms with Gasteiger partial charge in [0.1, 0.15) is 12.2 Å². The molecule has 13 heteroatoms. The van der Waals surface area contributed by atoms with Crippen molar-refractivity contribution in [3.8, 4) is 5.88 Å². The van der Waals surface area contributed by atoms with Crippen molar-refractivity contribution in [1.29, 1.82) is 0 Å². The molecule has 1 unspecified atom stereocenters. The fraction of sp³-hybridized carbons (Fsp3) is 0.688. The van der Waals surface area contributed by atoms with Gasteiger partial charge in [-0.2, -0.15) is 9.97 Å². The van der Waals surface area contributed by atoms with Crippen molar-refractivity contribution < 1.29 is 32.0 Å². The van der Waals surface area contributed by atoms with Crippen molar-refractivity contribution in [2.24, 2.45) is 0 Å². The molecule has 5 atom stereocenters. The molecular formula is C16H23FN5O6P. The summed E-state index contributed by atoms with van der Waals surface area (Å²) in [6, 6.07) is 0. The molecule has 0 saturated carbocycles. The van der Waals surface area contributed by atoms with Crippen molar-refractivity contribution in [2.75, 3.05) is 25.6 Å². The van der Waals surface area contributed by atoms with Gasteiger partial charge in [-0.1, -0.05) is 6.92 Å². The van der Waals surface area contributed by atoms with Crippen molar-refractivity contribution in [1.82, 2.24) is 19.5 Å². The van der Waals surface area contributed by atoms with Crippen LogP contribution in [0, 0.1) is 0 Å². The van der Waals surface area contributed by atoms with Gasteiger partial charge in [0.2, 0.25) is 11.8 Å². The van der Waals surface area contributed by atoms with E-state index in [2.05, 4.69) is 15.0 Å². The molecule has 2 aliphatic heterocycles. The van der Waals surface area contributed by atoms with Gasteiger partial charge in [-0.05, 0) is 20.3 Å². The van der Waals surface area contributed by atoms with E-state index in [1.807, 2.05) is 6.92 Å². The number of phosphoric ester groups is 1. The summed E-state index contributed by atoms with van der Waals surface area (Å²) in [7, 11) is -3.87. The first-order chi connectivity index (χ1) is 13.8. The summed E-state index contributed by atoms with van der Waals surface area (Å²) >= 11 is 0. The third kappa shape index (κ3) is 3.49. The molecule has 11 nitrogen and oxygen atoms in total.